The third-order valence-corrected chi connectivity index (χ3v) is 3.72. The van der Waals surface area contributed by atoms with Gasteiger partial charge in [0.25, 0.3) is 5.91 Å². The zero-order valence-electron chi connectivity index (χ0n) is 12.2. The molecule has 0 saturated carbocycles. The molecule has 3 heterocycles. The molecule has 0 radical (unpaired) electrons. The molecule has 120 valence electrons. The summed E-state index contributed by atoms with van der Waals surface area (Å²) in [4.78, 5) is 29.3. The molecule has 9 heteroatoms. The van der Waals surface area contributed by atoms with Crippen LogP contribution >= 0.6 is 11.6 Å². The summed E-state index contributed by atoms with van der Waals surface area (Å²) in [6, 6.07) is 1.60. The summed E-state index contributed by atoms with van der Waals surface area (Å²) in [6.07, 6.45) is 5.98. The molecule has 0 spiro atoms. The lowest BCUT2D eigenvalue weighted by atomic mass is 10.1. The summed E-state index contributed by atoms with van der Waals surface area (Å²) in [7, 11) is 0. The van der Waals surface area contributed by atoms with Crippen LogP contribution in [0.25, 0.3) is 0 Å². The maximum Gasteiger partial charge on any atom is 0.267 e. The molecule has 1 aliphatic heterocycles. The van der Waals surface area contributed by atoms with Crippen molar-refractivity contribution in [3.8, 4) is 5.88 Å². The number of rotatable bonds is 4. The summed E-state index contributed by atoms with van der Waals surface area (Å²) in [5.74, 6) is 0.551. The molecular formula is C14H15ClN6O2. The largest absolute Gasteiger partial charge is 0.473 e. The van der Waals surface area contributed by atoms with Crippen molar-refractivity contribution in [3.63, 3.8) is 0 Å². The van der Waals surface area contributed by atoms with Crippen molar-refractivity contribution in [1.29, 1.82) is 0 Å². The van der Waals surface area contributed by atoms with Crippen LogP contribution in [0, 0.1) is 0 Å². The van der Waals surface area contributed by atoms with Gasteiger partial charge < -0.3 is 15.4 Å². The molecular weight excluding hydrogens is 320 g/mol. The van der Waals surface area contributed by atoms with E-state index in [0.29, 0.717) is 16.9 Å². The van der Waals surface area contributed by atoms with Gasteiger partial charge in [0.2, 0.25) is 5.88 Å². The van der Waals surface area contributed by atoms with Crippen LogP contribution in [0.2, 0.25) is 5.15 Å². The molecule has 2 aromatic heterocycles. The fourth-order valence-corrected chi connectivity index (χ4v) is 2.55. The first-order valence-corrected chi connectivity index (χ1v) is 7.50. The van der Waals surface area contributed by atoms with Crippen LogP contribution < -0.4 is 15.4 Å². The Morgan fingerprint density at radius 2 is 2.09 bits per heavy atom. The Morgan fingerprint density at radius 1 is 1.30 bits per heavy atom. The molecule has 23 heavy (non-hydrogen) atoms. The molecule has 1 saturated heterocycles. The van der Waals surface area contributed by atoms with Gasteiger partial charge in [-0.05, 0) is 0 Å². The van der Waals surface area contributed by atoms with Crippen LogP contribution in [0.1, 0.15) is 23.3 Å². The number of aromatic nitrogens is 4. The number of primary amides is 1. The van der Waals surface area contributed by atoms with Crippen LogP contribution in [0.5, 0.6) is 5.88 Å². The van der Waals surface area contributed by atoms with E-state index in [0.717, 1.165) is 25.9 Å². The molecule has 8 nitrogen and oxygen atoms in total. The van der Waals surface area contributed by atoms with E-state index in [2.05, 4.69) is 24.8 Å². The predicted molar refractivity (Wildman–Crippen MR) is 83.5 cm³/mol. The van der Waals surface area contributed by atoms with Crippen molar-refractivity contribution >= 4 is 23.3 Å². The lowest BCUT2D eigenvalue weighted by Crippen LogP contribution is -2.39. The Hall–Kier alpha value is -2.48. The predicted octanol–water partition coefficient (Wildman–Crippen LogP) is 1.07. The smallest absolute Gasteiger partial charge is 0.267 e. The Kier molecular flexibility index (Phi) is 4.52. The fraction of sp³-hybridized carbons (Fsp3) is 0.357. The number of carbonyl (C=O) groups is 1. The second kappa shape index (κ2) is 6.74. The number of piperidine rings is 1. The minimum Gasteiger partial charge on any atom is -0.473 e. The Morgan fingerprint density at radius 3 is 2.78 bits per heavy atom. The zero-order chi connectivity index (χ0) is 16.2. The Balaban J connectivity index is 1.60. The number of nitrogens with two attached hydrogens (primary N) is 1. The summed E-state index contributed by atoms with van der Waals surface area (Å²) in [6.45, 7) is 1.49. The van der Waals surface area contributed by atoms with Crippen molar-refractivity contribution in [2.24, 2.45) is 5.73 Å². The van der Waals surface area contributed by atoms with Gasteiger partial charge in [-0.25, -0.2) is 9.97 Å². The van der Waals surface area contributed by atoms with Gasteiger partial charge in [0.05, 0.1) is 12.4 Å². The quantitative estimate of drug-likeness (QED) is 0.890. The van der Waals surface area contributed by atoms with Gasteiger partial charge in [0.1, 0.15) is 23.9 Å². The van der Waals surface area contributed by atoms with Gasteiger partial charge in [0, 0.05) is 32.0 Å². The molecule has 0 unspecified atom stereocenters. The van der Waals surface area contributed by atoms with E-state index < -0.39 is 5.91 Å². The van der Waals surface area contributed by atoms with Crippen LogP contribution in [0.4, 0.5) is 5.82 Å². The lowest BCUT2D eigenvalue weighted by molar-refractivity contribution is 0.0995. The average molecular weight is 335 g/mol. The zero-order valence-corrected chi connectivity index (χ0v) is 13.0. The van der Waals surface area contributed by atoms with Crippen molar-refractivity contribution in [3.05, 3.63) is 35.6 Å². The molecule has 2 N–H and O–H groups in total. The molecule has 0 atom stereocenters. The highest BCUT2D eigenvalue weighted by Gasteiger charge is 2.22. The molecule has 0 aromatic carbocycles. The molecule has 0 aliphatic carbocycles. The van der Waals surface area contributed by atoms with Gasteiger partial charge in [-0.15, -0.1) is 0 Å². The molecule has 3 rings (SSSR count). The minimum atomic E-state index is -0.564. The monoisotopic (exact) mass is 334 g/mol. The highest BCUT2D eigenvalue weighted by atomic mass is 35.5. The van der Waals surface area contributed by atoms with Gasteiger partial charge in [-0.1, -0.05) is 11.6 Å². The van der Waals surface area contributed by atoms with Gasteiger partial charge in [0.15, 0.2) is 5.15 Å². The Labute approximate surface area is 137 Å². The van der Waals surface area contributed by atoms with Gasteiger partial charge in [-0.3, -0.25) is 9.78 Å². The second-order valence-electron chi connectivity index (χ2n) is 5.11. The van der Waals surface area contributed by atoms with Gasteiger partial charge in [-0.2, -0.15) is 4.98 Å². The Bertz CT molecular complexity index is 705. The number of nitrogens with zero attached hydrogens (tertiary/aromatic N) is 5. The average Bonchev–Trinajstić information content (AvgIpc) is 2.56. The highest BCUT2D eigenvalue weighted by Crippen LogP contribution is 2.21. The van der Waals surface area contributed by atoms with E-state index in [1.165, 1.54) is 12.5 Å². The normalized spacial score (nSPS) is 15.4. The van der Waals surface area contributed by atoms with Crippen LogP contribution in [-0.4, -0.2) is 45.0 Å². The molecule has 1 fully saturated rings. The minimum absolute atomic E-state index is 0.0384. The van der Waals surface area contributed by atoms with Crippen molar-refractivity contribution < 1.29 is 9.53 Å². The number of amides is 1. The number of halogens is 1. The van der Waals surface area contributed by atoms with E-state index in [9.17, 15) is 4.79 Å². The highest BCUT2D eigenvalue weighted by molar-refractivity contribution is 6.29. The molecule has 2 aromatic rings. The first kappa shape index (κ1) is 15.4. The summed E-state index contributed by atoms with van der Waals surface area (Å²) < 4.78 is 5.79. The lowest BCUT2D eigenvalue weighted by Gasteiger charge is -2.32. The van der Waals surface area contributed by atoms with E-state index in [1.807, 2.05) is 0 Å². The van der Waals surface area contributed by atoms with E-state index in [-0.39, 0.29) is 11.8 Å². The fourth-order valence-electron chi connectivity index (χ4n) is 2.41. The number of ether oxygens (including phenoxy) is 1. The van der Waals surface area contributed by atoms with Crippen molar-refractivity contribution in [2.75, 3.05) is 18.0 Å². The number of carbonyl (C=O) groups excluding carboxylic acids is 1. The topological polar surface area (TPSA) is 107 Å². The summed E-state index contributed by atoms with van der Waals surface area (Å²) in [5.41, 5.74) is 5.45. The standard InChI is InChI=1S/C14H15ClN6O2/c15-11-6-17-7-13(20-11)23-9-1-3-21(4-2-9)12-5-10(14(16)22)18-8-19-12/h5-9H,1-4H2,(H2,16,22). The summed E-state index contributed by atoms with van der Waals surface area (Å²) in [5, 5.41) is 0.305. The number of hydrogen-bond acceptors (Lipinski definition) is 7. The summed E-state index contributed by atoms with van der Waals surface area (Å²) >= 11 is 5.79. The van der Waals surface area contributed by atoms with E-state index in [1.54, 1.807) is 12.3 Å². The van der Waals surface area contributed by atoms with Crippen LogP contribution in [0.15, 0.2) is 24.8 Å². The second-order valence-corrected chi connectivity index (χ2v) is 5.50. The third-order valence-electron chi connectivity index (χ3n) is 3.54. The third kappa shape index (κ3) is 3.84. The van der Waals surface area contributed by atoms with E-state index >= 15 is 0 Å². The molecule has 1 amide bonds. The first-order chi connectivity index (χ1) is 11.1. The van der Waals surface area contributed by atoms with Crippen molar-refractivity contribution in [2.45, 2.75) is 18.9 Å². The maximum atomic E-state index is 11.2. The van der Waals surface area contributed by atoms with E-state index in [4.69, 9.17) is 22.1 Å². The maximum absolute atomic E-state index is 11.2. The SMILES string of the molecule is NC(=O)c1cc(N2CCC(Oc3cncc(Cl)n3)CC2)ncn1. The first-order valence-electron chi connectivity index (χ1n) is 7.13. The van der Waals surface area contributed by atoms with Crippen LogP contribution in [0.3, 0.4) is 0 Å². The number of hydrogen-bond donors (Lipinski definition) is 1. The molecule has 1 aliphatic rings. The number of anilines is 1. The molecule has 0 bridgehead atoms. The van der Waals surface area contributed by atoms with Gasteiger partial charge >= 0.3 is 0 Å². The van der Waals surface area contributed by atoms with Crippen LogP contribution in [-0.2, 0) is 0 Å². The van der Waals surface area contributed by atoms with Crippen molar-refractivity contribution in [1.82, 2.24) is 19.9 Å².